The normalized spacial score (nSPS) is 19.8. The smallest absolute Gasteiger partial charge is 0.417 e. The number of carbonyl (C=O) groups is 3. The number of nitrogens with zero attached hydrogens (tertiary/aromatic N) is 2. The zero-order valence-corrected chi connectivity index (χ0v) is 25.9. The first kappa shape index (κ1) is 35.2. The maximum atomic E-state index is 13.5. The van der Waals surface area contributed by atoms with Gasteiger partial charge in [0.15, 0.2) is 9.84 Å². The van der Waals surface area contributed by atoms with Gasteiger partial charge in [0.05, 0.1) is 17.7 Å². The Bertz CT molecular complexity index is 1640. The van der Waals surface area contributed by atoms with E-state index in [1.165, 1.54) is 12.1 Å². The Hall–Kier alpha value is -4.16. The largest absolute Gasteiger partial charge is 0.432 e. The van der Waals surface area contributed by atoms with Gasteiger partial charge in [-0.1, -0.05) is 24.3 Å². The summed E-state index contributed by atoms with van der Waals surface area (Å²) in [5.74, 6) is -5.74. The van der Waals surface area contributed by atoms with Gasteiger partial charge in [0.1, 0.15) is 12.0 Å². The topological polar surface area (TPSA) is 129 Å². The van der Waals surface area contributed by atoms with Gasteiger partial charge in [0, 0.05) is 50.9 Å². The van der Waals surface area contributed by atoms with Gasteiger partial charge < -0.3 is 23.8 Å². The Morgan fingerprint density at radius 3 is 1.79 bits per heavy atom. The predicted octanol–water partition coefficient (Wildman–Crippen LogP) is 4.43. The number of alkyl halides is 6. The van der Waals surface area contributed by atoms with Gasteiger partial charge in [-0.05, 0) is 35.4 Å². The number of hydrogen-bond donors (Lipinski definition) is 0. The van der Waals surface area contributed by atoms with E-state index in [0.717, 1.165) is 54.8 Å². The zero-order valence-electron chi connectivity index (χ0n) is 25.0. The SMILES string of the molecule is CS(=O)(=O)CN1C(=O)OC2(CCN(CCOC(c3cccc(C(F)(F)F)c3)c3cccc(C(F)(F)F)c3)CC2)C12OC(=O)C=CC(=O)O2. The number of benzene rings is 2. The molecule has 3 aliphatic rings. The van der Waals surface area contributed by atoms with Crippen molar-refractivity contribution in [1.82, 2.24) is 9.80 Å². The molecule has 0 atom stereocenters. The van der Waals surface area contributed by atoms with Crippen LogP contribution in [0.4, 0.5) is 31.1 Å². The van der Waals surface area contributed by atoms with Crippen LogP contribution in [-0.2, 0) is 50.7 Å². The third-order valence-electron chi connectivity index (χ3n) is 8.02. The molecule has 48 heavy (non-hydrogen) atoms. The lowest BCUT2D eigenvalue weighted by Crippen LogP contribution is -2.66. The van der Waals surface area contributed by atoms with Crippen LogP contribution < -0.4 is 0 Å². The van der Waals surface area contributed by atoms with E-state index in [9.17, 15) is 49.1 Å². The van der Waals surface area contributed by atoms with Crippen LogP contribution in [0.25, 0.3) is 0 Å². The number of carbonyl (C=O) groups excluding carboxylic acids is 3. The van der Waals surface area contributed by atoms with Crippen LogP contribution >= 0.6 is 0 Å². The van der Waals surface area contributed by atoms with Crippen LogP contribution in [0.5, 0.6) is 0 Å². The number of piperidine rings is 1. The molecule has 5 rings (SSSR count). The van der Waals surface area contributed by atoms with Gasteiger partial charge >= 0.3 is 36.3 Å². The van der Waals surface area contributed by atoms with Crippen molar-refractivity contribution in [3.63, 3.8) is 0 Å². The monoisotopic (exact) mass is 706 g/mol. The second-order valence-corrected chi connectivity index (χ2v) is 13.6. The molecule has 0 unspecified atom stereocenters. The van der Waals surface area contributed by atoms with Crippen LogP contribution in [0, 0.1) is 0 Å². The fourth-order valence-corrected chi connectivity index (χ4v) is 6.56. The van der Waals surface area contributed by atoms with Crippen molar-refractivity contribution in [2.75, 3.05) is 38.4 Å². The molecule has 3 aliphatic heterocycles. The third-order valence-corrected chi connectivity index (χ3v) is 8.75. The average Bonchev–Trinajstić information content (AvgIpc) is 3.09. The van der Waals surface area contributed by atoms with Crippen molar-refractivity contribution in [2.24, 2.45) is 0 Å². The van der Waals surface area contributed by atoms with Gasteiger partial charge in [-0.3, -0.25) is 0 Å². The molecule has 1 amide bonds. The van der Waals surface area contributed by atoms with Gasteiger partial charge in [-0.15, -0.1) is 0 Å². The Morgan fingerprint density at radius 2 is 1.33 bits per heavy atom. The summed E-state index contributed by atoms with van der Waals surface area (Å²) in [5.41, 5.74) is -3.90. The summed E-state index contributed by atoms with van der Waals surface area (Å²) in [4.78, 5) is 40.2. The number of ether oxygens (including phenoxy) is 4. The lowest BCUT2D eigenvalue weighted by atomic mass is 9.87. The highest BCUT2D eigenvalue weighted by molar-refractivity contribution is 7.90. The van der Waals surface area contributed by atoms with Crippen molar-refractivity contribution in [3.05, 3.63) is 82.9 Å². The standard InChI is InChI=1S/C30H28F6N2O9S/c1-48(42,43)18-38-26(41)47-27(30(38)45-23(39)8-9-24(40)46-30)10-12-37(13-11-27)14-15-44-25(19-4-2-6-21(16-19)28(31,32)33)20-5-3-7-22(17-20)29(34,35)36/h2-9,16-17,25H,10-15,18H2,1H3. The molecule has 2 aromatic carbocycles. The molecule has 260 valence electrons. The number of halogens is 6. The molecule has 2 fully saturated rings. The third kappa shape index (κ3) is 7.29. The van der Waals surface area contributed by atoms with Crippen LogP contribution in [0.3, 0.4) is 0 Å². The highest BCUT2D eigenvalue weighted by atomic mass is 32.2. The summed E-state index contributed by atoms with van der Waals surface area (Å²) in [6.45, 7) is 0.0691. The van der Waals surface area contributed by atoms with Gasteiger partial charge in [0.25, 0.3) is 0 Å². The minimum Gasteiger partial charge on any atom is -0.432 e. The van der Waals surface area contributed by atoms with Crippen LogP contribution in [0.1, 0.15) is 41.2 Å². The van der Waals surface area contributed by atoms with Gasteiger partial charge in [0.2, 0.25) is 5.60 Å². The summed E-state index contributed by atoms with van der Waals surface area (Å²) in [7, 11) is -3.95. The zero-order chi connectivity index (χ0) is 35.1. The number of amides is 1. The number of sulfone groups is 1. The number of likely N-dealkylation sites (tertiary alicyclic amines) is 1. The molecular weight excluding hydrogens is 678 g/mol. The Labute approximate surface area is 269 Å². The number of rotatable bonds is 8. The van der Waals surface area contributed by atoms with E-state index in [1.807, 2.05) is 0 Å². The lowest BCUT2D eigenvalue weighted by molar-refractivity contribution is -0.310. The molecule has 18 heteroatoms. The Kier molecular flexibility index (Phi) is 9.30. The molecule has 0 bridgehead atoms. The summed E-state index contributed by atoms with van der Waals surface area (Å²) in [6, 6.07) is 8.13. The molecular formula is C30H28F6N2O9S. The molecule has 2 spiro atoms. The van der Waals surface area contributed by atoms with Gasteiger partial charge in [-0.2, -0.15) is 26.3 Å². The summed E-state index contributed by atoms with van der Waals surface area (Å²) in [6.07, 6.45) is -9.90. The van der Waals surface area contributed by atoms with E-state index in [2.05, 4.69) is 0 Å². The molecule has 2 saturated heterocycles. The maximum absolute atomic E-state index is 13.5. The first-order valence-corrected chi connectivity index (χ1v) is 16.4. The van der Waals surface area contributed by atoms with Gasteiger partial charge in [-0.25, -0.2) is 27.7 Å². The molecule has 2 aromatic rings. The van der Waals surface area contributed by atoms with Crippen molar-refractivity contribution >= 4 is 27.9 Å². The van der Waals surface area contributed by atoms with Crippen LogP contribution in [0.15, 0.2) is 60.7 Å². The van der Waals surface area contributed by atoms with E-state index >= 15 is 0 Å². The minimum atomic E-state index is -4.72. The first-order valence-electron chi connectivity index (χ1n) is 14.3. The minimum absolute atomic E-state index is 0.0295. The van der Waals surface area contributed by atoms with E-state index in [0.29, 0.717) is 4.90 Å². The number of esters is 2. The van der Waals surface area contributed by atoms with Crippen LogP contribution in [-0.4, -0.2) is 86.1 Å². The van der Waals surface area contributed by atoms with E-state index in [4.69, 9.17) is 18.9 Å². The summed E-state index contributed by atoms with van der Waals surface area (Å²) < 4.78 is 128. The highest BCUT2D eigenvalue weighted by Crippen LogP contribution is 2.49. The average molecular weight is 707 g/mol. The van der Waals surface area contributed by atoms with Crippen molar-refractivity contribution in [1.29, 1.82) is 0 Å². The molecule has 0 aromatic heterocycles. The van der Waals surface area contributed by atoms with E-state index < -0.39 is 74.8 Å². The van der Waals surface area contributed by atoms with Crippen molar-refractivity contribution < 1.29 is 68.1 Å². The quantitative estimate of drug-likeness (QED) is 0.287. The highest BCUT2D eigenvalue weighted by Gasteiger charge is 2.73. The second-order valence-electron chi connectivity index (χ2n) is 11.4. The molecule has 3 heterocycles. The number of fused-ring (bicyclic) bond motifs is 1. The lowest BCUT2D eigenvalue weighted by Gasteiger charge is -2.45. The van der Waals surface area contributed by atoms with Crippen molar-refractivity contribution in [3.8, 4) is 0 Å². The Balaban J connectivity index is 1.35. The first-order chi connectivity index (χ1) is 22.3. The molecule has 0 saturated carbocycles. The van der Waals surface area contributed by atoms with E-state index in [-0.39, 0.29) is 50.2 Å². The fraction of sp³-hybridized carbons (Fsp3) is 0.433. The maximum Gasteiger partial charge on any atom is 0.417 e. The molecule has 0 aliphatic carbocycles. The number of hydrogen-bond acceptors (Lipinski definition) is 10. The molecule has 0 radical (unpaired) electrons. The van der Waals surface area contributed by atoms with Crippen LogP contribution in [0.2, 0.25) is 0 Å². The second kappa shape index (κ2) is 12.7. The summed E-state index contributed by atoms with van der Waals surface area (Å²) in [5, 5.41) is 0. The predicted molar refractivity (Wildman–Crippen MR) is 151 cm³/mol. The fourth-order valence-electron chi connectivity index (χ4n) is 5.82. The van der Waals surface area contributed by atoms with E-state index in [1.54, 1.807) is 4.90 Å². The molecule has 0 N–H and O–H groups in total. The Morgan fingerprint density at radius 1 is 0.833 bits per heavy atom. The van der Waals surface area contributed by atoms with Crippen molar-refractivity contribution in [2.45, 2.75) is 42.8 Å². The molecule has 11 nitrogen and oxygen atoms in total. The summed E-state index contributed by atoms with van der Waals surface area (Å²) >= 11 is 0.